The molecular formula is C52H78O6. The lowest BCUT2D eigenvalue weighted by atomic mass is 10.0. The van der Waals surface area contributed by atoms with E-state index in [-0.39, 0.29) is 31.6 Å². The first-order valence-corrected chi connectivity index (χ1v) is 23.6. The molecule has 0 bridgehead atoms. The molecule has 0 heterocycles. The minimum atomic E-state index is -0.862. The van der Waals surface area contributed by atoms with Crippen LogP contribution >= 0.6 is 0 Å². The van der Waals surface area contributed by atoms with Crippen molar-refractivity contribution in [3.8, 4) is 0 Å². The van der Waals surface area contributed by atoms with Gasteiger partial charge in [0.05, 0.1) is 5.56 Å². The van der Waals surface area contributed by atoms with Gasteiger partial charge in [0, 0.05) is 12.8 Å². The Bertz CT molecular complexity index is 1580. The molecule has 3 aromatic rings. The van der Waals surface area contributed by atoms with Gasteiger partial charge in [0.1, 0.15) is 13.2 Å². The summed E-state index contributed by atoms with van der Waals surface area (Å²) in [6.07, 6.45) is 36.0. The number of benzene rings is 3. The van der Waals surface area contributed by atoms with E-state index in [1.807, 2.05) is 24.3 Å². The monoisotopic (exact) mass is 799 g/mol. The molecule has 6 heteroatoms. The number of allylic oxidation sites excluding steroid dienone is 2. The third-order valence-electron chi connectivity index (χ3n) is 11.2. The lowest BCUT2D eigenvalue weighted by Gasteiger charge is -2.18. The summed E-state index contributed by atoms with van der Waals surface area (Å²) < 4.78 is 17.0. The Hall–Kier alpha value is -3.67. The molecule has 0 unspecified atom stereocenters. The van der Waals surface area contributed by atoms with Gasteiger partial charge in [-0.3, -0.25) is 9.59 Å². The van der Waals surface area contributed by atoms with Crippen LogP contribution in [0.25, 0.3) is 21.5 Å². The second-order valence-corrected chi connectivity index (χ2v) is 16.5. The molecule has 3 rings (SSSR count). The van der Waals surface area contributed by atoms with Gasteiger partial charge in [0.25, 0.3) is 0 Å². The number of ether oxygens (including phenoxy) is 3. The highest BCUT2D eigenvalue weighted by Gasteiger charge is 2.20. The van der Waals surface area contributed by atoms with Crippen LogP contribution in [0.5, 0.6) is 0 Å². The molecule has 58 heavy (non-hydrogen) atoms. The van der Waals surface area contributed by atoms with Crippen molar-refractivity contribution in [2.75, 3.05) is 13.2 Å². The number of carbonyl (C=O) groups excluding carboxylic acids is 3. The van der Waals surface area contributed by atoms with Gasteiger partial charge >= 0.3 is 17.9 Å². The zero-order valence-electron chi connectivity index (χ0n) is 36.6. The standard InChI is InChI=1S/C52H78O6/c1-3-5-7-9-11-13-15-17-18-20-22-24-26-28-30-36-51(54)58-49(42-56-50(53)35-29-27-25-23-21-19-16-14-12-10-8-6-4-2)43-57-52(55)47-38-37-46-39-44-33-31-32-34-45(44)40-48(46)41-47/h17-18,31-34,37-41,49H,3-16,19-30,35-36,42-43H2,1-2H3/b18-17-/t49-/m0/s1. The number of fused-ring (bicyclic) bond motifs is 2. The molecule has 0 aliphatic heterocycles. The molecule has 0 N–H and O–H groups in total. The number of esters is 3. The minimum Gasteiger partial charge on any atom is -0.462 e. The van der Waals surface area contributed by atoms with Crippen LogP contribution in [0.2, 0.25) is 0 Å². The van der Waals surface area contributed by atoms with Crippen molar-refractivity contribution in [3.63, 3.8) is 0 Å². The van der Waals surface area contributed by atoms with Gasteiger partial charge in [-0.1, -0.05) is 185 Å². The molecule has 0 aliphatic rings. The molecular weight excluding hydrogens is 721 g/mol. The maximum Gasteiger partial charge on any atom is 0.338 e. The first-order chi connectivity index (χ1) is 28.5. The lowest BCUT2D eigenvalue weighted by Crippen LogP contribution is -2.31. The van der Waals surface area contributed by atoms with Gasteiger partial charge in [-0.2, -0.15) is 0 Å². The Morgan fingerprint density at radius 2 is 0.897 bits per heavy atom. The average Bonchev–Trinajstić information content (AvgIpc) is 3.23. The number of hydrogen-bond acceptors (Lipinski definition) is 6. The zero-order chi connectivity index (χ0) is 41.3. The van der Waals surface area contributed by atoms with Gasteiger partial charge in [-0.05, 0) is 84.3 Å². The van der Waals surface area contributed by atoms with Crippen LogP contribution in [0.15, 0.2) is 66.7 Å². The van der Waals surface area contributed by atoms with E-state index in [1.165, 1.54) is 116 Å². The van der Waals surface area contributed by atoms with E-state index < -0.39 is 12.1 Å². The van der Waals surface area contributed by atoms with Crippen LogP contribution in [0.3, 0.4) is 0 Å². The largest absolute Gasteiger partial charge is 0.462 e. The van der Waals surface area contributed by atoms with Crippen LogP contribution in [-0.2, 0) is 23.8 Å². The Labute approximate surface area is 352 Å². The van der Waals surface area contributed by atoms with Crippen molar-refractivity contribution >= 4 is 39.5 Å². The Morgan fingerprint density at radius 3 is 1.43 bits per heavy atom. The van der Waals surface area contributed by atoms with Gasteiger partial charge in [-0.25, -0.2) is 4.79 Å². The van der Waals surface area contributed by atoms with Gasteiger partial charge < -0.3 is 14.2 Å². The van der Waals surface area contributed by atoms with E-state index in [2.05, 4.69) is 50.3 Å². The van der Waals surface area contributed by atoms with E-state index in [9.17, 15) is 14.4 Å². The topological polar surface area (TPSA) is 78.9 Å². The predicted molar refractivity (Wildman–Crippen MR) is 242 cm³/mol. The molecule has 0 saturated carbocycles. The van der Waals surface area contributed by atoms with Crippen LogP contribution in [-0.4, -0.2) is 37.2 Å². The summed E-state index contributed by atoms with van der Waals surface area (Å²) in [5.74, 6) is -1.18. The normalized spacial score (nSPS) is 12.0. The maximum absolute atomic E-state index is 13.2. The molecule has 1 atom stereocenters. The minimum absolute atomic E-state index is 0.133. The van der Waals surface area contributed by atoms with Crippen molar-refractivity contribution in [2.45, 2.75) is 200 Å². The fourth-order valence-corrected chi connectivity index (χ4v) is 7.57. The summed E-state index contributed by atoms with van der Waals surface area (Å²) in [6, 6.07) is 17.8. The number of carbonyl (C=O) groups is 3. The number of unbranched alkanes of at least 4 members (excludes halogenated alkanes) is 23. The molecule has 0 spiro atoms. The smallest absolute Gasteiger partial charge is 0.338 e. The van der Waals surface area contributed by atoms with Crippen molar-refractivity contribution in [2.24, 2.45) is 0 Å². The number of hydrogen-bond donors (Lipinski definition) is 0. The first kappa shape index (κ1) is 48.7. The molecule has 0 aliphatic carbocycles. The summed E-state index contributed by atoms with van der Waals surface area (Å²) >= 11 is 0. The molecule has 0 radical (unpaired) electrons. The van der Waals surface area contributed by atoms with E-state index in [0.717, 1.165) is 72.9 Å². The molecule has 3 aromatic carbocycles. The van der Waals surface area contributed by atoms with Crippen LogP contribution in [0, 0.1) is 0 Å². The summed E-state index contributed by atoms with van der Waals surface area (Å²) in [6.45, 7) is 4.20. The van der Waals surface area contributed by atoms with Crippen molar-refractivity contribution < 1.29 is 28.6 Å². The molecule has 0 amide bonds. The van der Waals surface area contributed by atoms with E-state index in [1.54, 1.807) is 6.07 Å². The maximum atomic E-state index is 13.2. The zero-order valence-corrected chi connectivity index (χ0v) is 36.6. The highest BCUT2D eigenvalue weighted by atomic mass is 16.6. The second kappa shape index (κ2) is 32.2. The van der Waals surface area contributed by atoms with Crippen LogP contribution < -0.4 is 0 Å². The SMILES string of the molecule is CCCCCCCC/C=C\CCCCCCCC(=O)O[C@@H](COC(=O)CCCCCCCCCCCCCCC)COC(=O)c1ccc2cc3ccccc3cc2c1. The van der Waals surface area contributed by atoms with E-state index in [0.29, 0.717) is 12.0 Å². The van der Waals surface area contributed by atoms with E-state index >= 15 is 0 Å². The van der Waals surface area contributed by atoms with Crippen molar-refractivity contribution in [3.05, 3.63) is 72.3 Å². The summed E-state index contributed by atoms with van der Waals surface area (Å²) in [5, 5.41) is 4.21. The summed E-state index contributed by atoms with van der Waals surface area (Å²) in [5.41, 5.74) is 0.417. The average molecular weight is 799 g/mol. The molecule has 322 valence electrons. The quantitative estimate of drug-likeness (QED) is 0.0194. The Balaban J connectivity index is 1.37. The van der Waals surface area contributed by atoms with Crippen LogP contribution in [0.1, 0.15) is 204 Å². The lowest BCUT2D eigenvalue weighted by molar-refractivity contribution is -0.161. The summed E-state index contributed by atoms with van der Waals surface area (Å²) in [7, 11) is 0. The first-order valence-electron chi connectivity index (χ1n) is 23.6. The van der Waals surface area contributed by atoms with Crippen LogP contribution in [0.4, 0.5) is 0 Å². The Kier molecular flexibility index (Phi) is 27.0. The third kappa shape index (κ3) is 22.5. The fourth-order valence-electron chi connectivity index (χ4n) is 7.57. The fraction of sp³-hybridized carbons (Fsp3) is 0.635. The number of rotatable bonds is 35. The highest BCUT2D eigenvalue weighted by molar-refractivity contribution is 6.01. The van der Waals surface area contributed by atoms with E-state index in [4.69, 9.17) is 14.2 Å². The van der Waals surface area contributed by atoms with Gasteiger partial charge in [-0.15, -0.1) is 0 Å². The molecule has 6 nitrogen and oxygen atoms in total. The predicted octanol–water partition coefficient (Wildman–Crippen LogP) is 15.1. The second-order valence-electron chi connectivity index (χ2n) is 16.5. The van der Waals surface area contributed by atoms with Gasteiger partial charge in [0.2, 0.25) is 0 Å². The van der Waals surface area contributed by atoms with Crippen molar-refractivity contribution in [1.82, 2.24) is 0 Å². The van der Waals surface area contributed by atoms with Crippen molar-refractivity contribution in [1.29, 1.82) is 0 Å². The summed E-state index contributed by atoms with van der Waals surface area (Å²) in [4.78, 5) is 38.7. The highest BCUT2D eigenvalue weighted by Crippen LogP contribution is 2.24. The molecule has 0 aromatic heterocycles. The third-order valence-corrected chi connectivity index (χ3v) is 11.2. The molecule has 0 saturated heterocycles. The Morgan fingerprint density at radius 1 is 0.466 bits per heavy atom. The van der Waals surface area contributed by atoms with Gasteiger partial charge in [0.15, 0.2) is 6.10 Å². The molecule has 0 fully saturated rings.